The summed E-state index contributed by atoms with van der Waals surface area (Å²) >= 11 is 0. The lowest BCUT2D eigenvalue weighted by atomic mass is 10.2. The summed E-state index contributed by atoms with van der Waals surface area (Å²) in [6.45, 7) is 10.6. The fourth-order valence-corrected chi connectivity index (χ4v) is 1.40. The summed E-state index contributed by atoms with van der Waals surface area (Å²) < 4.78 is 0. The Morgan fingerprint density at radius 1 is 1.37 bits per heavy atom. The molecule has 106 valence electrons. The molecular formula is C14H25N5. The van der Waals surface area contributed by atoms with E-state index in [-0.39, 0.29) is 0 Å². The predicted molar refractivity (Wildman–Crippen MR) is 81.3 cm³/mol. The highest BCUT2D eigenvalue weighted by atomic mass is 15.6. The van der Waals surface area contributed by atoms with Crippen LogP contribution >= 0.6 is 0 Å². The van der Waals surface area contributed by atoms with Gasteiger partial charge < -0.3 is 0 Å². The molecule has 5 nitrogen and oxygen atoms in total. The van der Waals surface area contributed by atoms with Crippen LogP contribution in [0.15, 0.2) is 23.7 Å². The standard InChI is InChI=1S/C12H19N5.C2H6/c1-4-6-7-9-17-15-12(14-16-17)11(8-5-2)10-13-3;1-2/h5,8,10H,2,4,6-7,9H2,1,3H3;1-2H3/b11-8+,13-10?;. The van der Waals surface area contributed by atoms with Crippen LogP contribution in [0.2, 0.25) is 0 Å². The van der Waals surface area contributed by atoms with Gasteiger partial charge in [-0.3, -0.25) is 4.99 Å². The number of aliphatic imine (C=N–C) groups is 1. The Morgan fingerprint density at radius 2 is 2.11 bits per heavy atom. The number of hydrogen-bond acceptors (Lipinski definition) is 4. The van der Waals surface area contributed by atoms with E-state index in [0.29, 0.717) is 5.82 Å². The lowest BCUT2D eigenvalue weighted by Crippen LogP contribution is -2.02. The Kier molecular flexibility index (Phi) is 10.3. The van der Waals surface area contributed by atoms with E-state index >= 15 is 0 Å². The molecule has 19 heavy (non-hydrogen) atoms. The van der Waals surface area contributed by atoms with Crippen LogP contribution in [0.1, 0.15) is 45.9 Å². The van der Waals surface area contributed by atoms with Crippen molar-refractivity contribution in [3.63, 3.8) is 0 Å². The molecule has 0 saturated carbocycles. The van der Waals surface area contributed by atoms with Gasteiger partial charge >= 0.3 is 0 Å². The molecule has 0 aliphatic rings. The fourth-order valence-electron chi connectivity index (χ4n) is 1.40. The van der Waals surface area contributed by atoms with Crippen LogP contribution in [-0.2, 0) is 6.54 Å². The van der Waals surface area contributed by atoms with Crippen molar-refractivity contribution in [2.24, 2.45) is 4.99 Å². The first-order chi connectivity index (χ1) is 9.31. The predicted octanol–water partition coefficient (Wildman–Crippen LogP) is 3.16. The second-order valence-electron chi connectivity index (χ2n) is 3.66. The van der Waals surface area contributed by atoms with Crippen LogP contribution in [0, 0.1) is 0 Å². The van der Waals surface area contributed by atoms with Crippen molar-refractivity contribution >= 4 is 11.8 Å². The Bertz CT molecular complexity index is 404. The first-order valence-electron chi connectivity index (χ1n) is 6.84. The van der Waals surface area contributed by atoms with E-state index < -0.39 is 0 Å². The summed E-state index contributed by atoms with van der Waals surface area (Å²) in [6.07, 6.45) is 8.66. The second kappa shape index (κ2) is 11.3. The molecule has 1 aromatic rings. The molecule has 1 heterocycles. The van der Waals surface area contributed by atoms with Gasteiger partial charge in [-0.15, -0.1) is 10.2 Å². The number of rotatable bonds is 7. The summed E-state index contributed by atoms with van der Waals surface area (Å²) in [7, 11) is 1.71. The molecule has 0 radical (unpaired) electrons. The molecule has 0 spiro atoms. The van der Waals surface area contributed by atoms with Crippen molar-refractivity contribution in [2.75, 3.05) is 7.05 Å². The third-order valence-corrected chi connectivity index (χ3v) is 2.24. The van der Waals surface area contributed by atoms with Crippen molar-refractivity contribution in [3.05, 3.63) is 24.6 Å². The van der Waals surface area contributed by atoms with Gasteiger partial charge in [-0.05, 0) is 11.6 Å². The van der Waals surface area contributed by atoms with Crippen LogP contribution in [0.5, 0.6) is 0 Å². The average Bonchev–Trinajstić information content (AvgIpc) is 2.90. The van der Waals surface area contributed by atoms with Crippen molar-refractivity contribution in [2.45, 2.75) is 46.6 Å². The molecule has 1 aromatic heterocycles. The van der Waals surface area contributed by atoms with Crippen molar-refractivity contribution < 1.29 is 0 Å². The summed E-state index contributed by atoms with van der Waals surface area (Å²) in [5.41, 5.74) is 0.823. The molecule has 5 heteroatoms. The highest BCUT2D eigenvalue weighted by molar-refractivity contribution is 6.08. The van der Waals surface area contributed by atoms with Gasteiger partial charge in [0.1, 0.15) is 0 Å². The second-order valence-corrected chi connectivity index (χ2v) is 3.66. The van der Waals surface area contributed by atoms with Crippen LogP contribution in [0.3, 0.4) is 0 Å². The maximum atomic E-state index is 4.31. The molecule has 0 saturated heterocycles. The van der Waals surface area contributed by atoms with E-state index in [1.165, 1.54) is 12.8 Å². The molecule has 0 aromatic carbocycles. The van der Waals surface area contributed by atoms with Gasteiger partial charge in [0.2, 0.25) is 5.82 Å². The Labute approximate surface area is 116 Å². The average molecular weight is 263 g/mol. The third kappa shape index (κ3) is 6.64. The smallest absolute Gasteiger partial charge is 0.206 e. The molecule has 1 rings (SSSR count). The van der Waals surface area contributed by atoms with Gasteiger partial charge in [0, 0.05) is 18.8 Å². The van der Waals surface area contributed by atoms with E-state index in [1.807, 2.05) is 19.9 Å². The zero-order chi connectivity index (χ0) is 14.5. The first kappa shape index (κ1) is 17.2. The van der Waals surface area contributed by atoms with Crippen LogP contribution < -0.4 is 0 Å². The summed E-state index contributed by atoms with van der Waals surface area (Å²) in [5.74, 6) is 0.590. The van der Waals surface area contributed by atoms with E-state index in [4.69, 9.17) is 0 Å². The van der Waals surface area contributed by atoms with E-state index in [9.17, 15) is 0 Å². The van der Waals surface area contributed by atoms with Crippen LogP contribution in [-0.4, -0.2) is 33.5 Å². The summed E-state index contributed by atoms with van der Waals surface area (Å²) in [5, 5.41) is 12.3. The van der Waals surface area contributed by atoms with E-state index in [0.717, 1.165) is 18.5 Å². The summed E-state index contributed by atoms with van der Waals surface area (Å²) in [6, 6.07) is 0. The van der Waals surface area contributed by atoms with Crippen molar-refractivity contribution in [3.8, 4) is 0 Å². The van der Waals surface area contributed by atoms with Crippen LogP contribution in [0.25, 0.3) is 5.57 Å². The number of nitrogens with zero attached hydrogens (tertiary/aromatic N) is 5. The molecule has 0 aliphatic carbocycles. The monoisotopic (exact) mass is 263 g/mol. The Hall–Kier alpha value is -1.78. The van der Waals surface area contributed by atoms with Gasteiger partial charge in [-0.2, -0.15) is 4.80 Å². The maximum absolute atomic E-state index is 4.31. The zero-order valence-corrected chi connectivity index (χ0v) is 12.5. The zero-order valence-electron chi connectivity index (χ0n) is 12.5. The molecular weight excluding hydrogens is 238 g/mol. The van der Waals surface area contributed by atoms with Crippen LogP contribution in [0.4, 0.5) is 0 Å². The first-order valence-corrected chi connectivity index (χ1v) is 6.84. The third-order valence-electron chi connectivity index (χ3n) is 2.24. The topological polar surface area (TPSA) is 56.0 Å². The van der Waals surface area contributed by atoms with Gasteiger partial charge in [-0.1, -0.05) is 52.3 Å². The van der Waals surface area contributed by atoms with E-state index in [2.05, 4.69) is 33.9 Å². The normalized spacial score (nSPS) is 11.3. The molecule has 0 fully saturated rings. The minimum atomic E-state index is 0.590. The number of aromatic nitrogens is 4. The Morgan fingerprint density at radius 3 is 2.68 bits per heavy atom. The summed E-state index contributed by atoms with van der Waals surface area (Å²) in [4.78, 5) is 5.59. The maximum Gasteiger partial charge on any atom is 0.206 e. The molecule has 0 unspecified atom stereocenters. The SMILES string of the molecule is C=C/C=C(\C=NC)c1nnn(CCCCC)n1.CC. The molecule has 0 bridgehead atoms. The molecule has 0 aliphatic heterocycles. The lowest BCUT2D eigenvalue weighted by molar-refractivity contribution is 0.485. The highest BCUT2D eigenvalue weighted by Crippen LogP contribution is 2.05. The van der Waals surface area contributed by atoms with Gasteiger partial charge in [0.05, 0.1) is 6.54 Å². The highest BCUT2D eigenvalue weighted by Gasteiger charge is 2.05. The van der Waals surface area contributed by atoms with Crippen molar-refractivity contribution in [1.82, 2.24) is 20.2 Å². The lowest BCUT2D eigenvalue weighted by Gasteiger charge is -1.96. The quantitative estimate of drug-likeness (QED) is 0.431. The Balaban J connectivity index is 0.00000154. The minimum Gasteiger partial charge on any atom is -0.296 e. The van der Waals surface area contributed by atoms with Gasteiger partial charge in [0.25, 0.3) is 0 Å². The fraction of sp³-hybridized carbons (Fsp3) is 0.571. The van der Waals surface area contributed by atoms with Gasteiger partial charge in [0.15, 0.2) is 0 Å². The van der Waals surface area contributed by atoms with E-state index in [1.54, 1.807) is 24.1 Å². The number of allylic oxidation sites excluding steroid dienone is 3. The number of hydrogen-bond donors (Lipinski definition) is 0. The molecule has 0 atom stereocenters. The molecule has 0 amide bonds. The minimum absolute atomic E-state index is 0.590. The number of tetrazole rings is 1. The molecule has 0 N–H and O–H groups in total. The number of aryl methyl sites for hydroxylation is 1. The largest absolute Gasteiger partial charge is 0.296 e. The van der Waals surface area contributed by atoms with Crippen molar-refractivity contribution in [1.29, 1.82) is 0 Å². The number of unbranched alkanes of at least 4 members (excludes halogenated alkanes) is 2. The van der Waals surface area contributed by atoms with Gasteiger partial charge in [-0.25, -0.2) is 0 Å².